The first-order chi connectivity index (χ1) is 14.3. The zero-order valence-electron chi connectivity index (χ0n) is 15.7. The number of hydrogen-bond donors (Lipinski definition) is 0. The van der Waals surface area contributed by atoms with Gasteiger partial charge in [0.15, 0.2) is 9.84 Å². The van der Waals surface area contributed by atoms with Crippen molar-refractivity contribution in [1.29, 1.82) is 0 Å². The van der Waals surface area contributed by atoms with Gasteiger partial charge in [0.25, 0.3) is 0 Å². The maximum absolute atomic E-state index is 12.9. The Kier molecular flexibility index (Phi) is 4.31. The largest absolute Gasteiger partial charge is 0.339 e. The van der Waals surface area contributed by atoms with Gasteiger partial charge in [-0.25, -0.2) is 16.8 Å². The molecule has 3 aromatic rings. The van der Waals surface area contributed by atoms with Crippen LogP contribution in [0.1, 0.15) is 18.2 Å². The van der Waals surface area contributed by atoms with E-state index in [1.54, 1.807) is 0 Å². The molecule has 0 aliphatic carbocycles. The number of hydrogen-bond acceptors (Lipinski definition) is 8. The van der Waals surface area contributed by atoms with Gasteiger partial charge in [0.05, 0.1) is 11.7 Å². The molecule has 9 nitrogen and oxygen atoms in total. The summed E-state index contributed by atoms with van der Waals surface area (Å²) in [5.41, 5.74) is 0.761. The molecule has 0 N–H and O–H groups in total. The number of nitrogens with zero attached hydrogens (tertiary/aromatic N) is 4. The Balaban J connectivity index is 1.45. The van der Waals surface area contributed by atoms with Crippen molar-refractivity contribution in [3.05, 3.63) is 60.7 Å². The van der Waals surface area contributed by atoms with Gasteiger partial charge in [-0.1, -0.05) is 35.5 Å². The van der Waals surface area contributed by atoms with Gasteiger partial charge in [-0.3, -0.25) is 4.98 Å². The van der Waals surface area contributed by atoms with E-state index in [2.05, 4.69) is 15.1 Å². The Bertz CT molecular complexity index is 1280. The highest BCUT2D eigenvalue weighted by Crippen LogP contribution is 2.50. The van der Waals surface area contributed by atoms with Crippen LogP contribution in [-0.4, -0.2) is 59.9 Å². The van der Waals surface area contributed by atoms with Gasteiger partial charge in [0.2, 0.25) is 21.7 Å². The van der Waals surface area contributed by atoms with Crippen molar-refractivity contribution < 1.29 is 21.4 Å². The van der Waals surface area contributed by atoms with Crippen LogP contribution < -0.4 is 0 Å². The smallest absolute Gasteiger partial charge is 0.244 e. The van der Waals surface area contributed by atoms with Crippen LogP contribution in [0.25, 0.3) is 11.4 Å². The van der Waals surface area contributed by atoms with Crippen LogP contribution in [-0.2, 0) is 19.9 Å². The Morgan fingerprint density at radius 1 is 1.10 bits per heavy atom. The first kappa shape index (κ1) is 19.3. The Hall–Kier alpha value is -2.63. The number of sulfone groups is 1. The Morgan fingerprint density at radius 3 is 2.57 bits per heavy atom. The van der Waals surface area contributed by atoms with Gasteiger partial charge in [0, 0.05) is 31.0 Å². The summed E-state index contributed by atoms with van der Waals surface area (Å²) in [6.07, 6.45) is 3.05. The molecule has 1 spiro atoms. The van der Waals surface area contributed by atoms with Crippen LogP contribution in [0.5, 0.6) is 0 Å². The zero-order valence-corrected chi connectivity index (χ0v) is 17.4. The van der Waals surface area contributed by atoms with Gasteiger partial charge in [-0.15, -0.1) is 0 Å². The predicted molar refractivity (Wildman–Crippen MR) is 107 cm³/mol. The van der Waals surface area contributed by atoms with E-state index < -0.39 is 30.5 Å². The van der Waals surface area contributed by atoms with E-state index in [0.717, 1.165) is 5.56 Å². The summed E-state index contributed by atoms with van der Waals surface area (Å²) >= 11 is 0. The summed E-state index contributed by atoms with van der Waals surface area (Å²) in [5, 5.41) is 4.00. The number of pyridine rings is 1. The molecule has 4 heterocycles. The fourth-order valence-electron chi connectivity index (χ4n) is 4.17. The minimum Gasteiger partial charge on any atom is -0.339 e. The minimum atomic E-state index is -3.82. The average molecular weight is 447 g/mol. The molecule has 30 heavy (non-hydrogen) atoms. The molecule has 156 valence electrons. The van der Waals surface area contributed by atoms with Crippen molar-refractivity contribution in [1.82, 2.24) is 19.4 Å². The highest BCUT2D eigenvalue weighted by atomic mass is 32.2. The van der Waals surface area contributed by atoms with Crippen LogP contribution in [0.2, 0.25) is 0 Å². The zero-order chi connectivity index (χ0) is 21.0. The van der Waals surface area contributed by atoms with Crippen molar-refractivity contribution in [2.45, 2.75) is 22.0 Å². The molecule has 2 saturated heterocycles. The van der Waals surface area contributed by atoms with Crippen LogP contribution >= 0.6 is 0 Å². The number of benzene rings is 1. The first-order valence-electron chi connectivity index (χ1n) is 9.35. The van der Waals surface area contributed by atoms with E-state index in [1.807, 2.05) is 30.3 Å². The van der Waals surface area contributed by atoms with Crippen LogP contribution in [0.3, 0.4) is 0 Å². The van der Waals surface area contributed by atoms with E-state index in [1.165, 1.54) is 28.8 Å². The van der Waals surface area contributed by atoms with Crippen molar-refractivity contribution >= 4 is 19.9 Å². The molecule has 0 radical (unpaired) electrons. The van der Waals surface area contributed by atoms with Gasteiger partial charge in [0.1, 0.15) is 9.64 Å². The van der Waals surface area contributed by atoms with E-state index in [-0.39, 0.29) is 29.6 Å². The highest BCUT2D eigenvalue weighted by Gasteiger charge is 2.65. The van der Waals surface area contributed by atoms with E-state index >= 15 is 0 Å². The Labute approximate surface area is 173 Å². The summed E-state index contributed by atoms with van der Waals surface area (Å²) in [7, 11) is -7.35. The van der Waals surface area contributed by atoms with Gasteiger partial charge in [-0.05, 0) is 18.6 Å². The van der Waals surface area contributed by atoms with Crippen molar-refractivity contribution in [3.63, 3.8) is 0 Å². The van der Waals surface area contributed by atoms with Crippen LogP contribution in [0.4, 0.5) is 0 Å². The summed E-state index contributed by atoms with van der Waals surface area (Å²) in [6, 6.07) is 12.2. The molecular weight excluding hydrogens is 428 g/mol. The molecule has 2 fully saturated rings. The second-order valence-electron chi connectivity index (χ2n) is 7.51. The van der Waals surface area contributed by atoms with Crippen LogP contribution in [0, 0.1) is 0 Å². The second-order valence-corrected chi connectivity index (χ2v) is 11.9. The van der Waals surface area contributed by atoms with E-state index in [9.17, 15) is 16.8 Å². The van der Waals surface area contributed by atoms with Crippen molar-refractivity contribution in [3.8, 4) is 11.4 Å². The summed E-state index contributed by atoms with van der Waals surface area (Å²) in [4.78, 5) is 8.31. The highest BCUT2D eigenvalue weighted by molar-refractivity contribution is 7.93. The molecule has 0 bridgehead atoms. The number of sulfonamides is 1. The molecule has 2 aromatic heterocycles. The molecule has 1 aromatic carbocycles. The van der Waals surface area contributed by atoms with E-state index in [0.29, 0.717) is 12.2 Å². The molecule has 11 heteroatoms. The third-order valence-electron chi connectivity index (χ3n) is 5.86. The van der Waals surface area contributed by atoms with Gasteiger partial charge < -0.3 is 4.52 Å². The average Bonchev–Trinajstić information content (AvgIpc) is 3.30. The number of rotatable bonds is 4. The maximum Gasteiger partial charge on any atom is 0.244 e. The fourth-order valence-corrected chi connectivity index (χ4v) is 8.19. The second kappa shape index (κ2) is 6.69. The minimum absolute atomic E-state index is 0.0379. The summed E-state index contributed by atoms with van der Waals surface area (Å²) in [5.74, 6) is 0.0203. The predicted octanol–water partition coefficient (Wildman–Crippen LogP) is 1.48. The van der Waals surface area contributed by atoms with E-state index in [4.69, 9.17) is 4.52 Å². The van der Waals surface area contributed by atoms with Gasteiger partial charge >= 0.3 is 0 Å². The summed E-state index contributed by atoms with van der Waals surface area (Å²) < 4.78 is 56.9. The third-order valence-corrected chi connectivity index (χ3v) is 10.2. The SMILES string of the molecule is O=S(=O)(c1cccnc1)N1CC2(C1)C(c1nc(-c3ccccc3)no1)CCS2(=O)=O. The number of aromatic nitrogens is 3. The molecule has 1 atom stereocenters. The normalized spacial score (nSPS) is 22.7. The lowest BCUT2D eigenvalue weighted by atomic mass is 9.84. The topological polar surface area (TPSA) is 123 Å². The maximum atomic E-state index is 12.9. The fraction of sp³-hybridized carbons (Fsp3) is 0.316. The summed E-state index contributed by atoms with van der Waals surface area (Å²) in [6.45, 7) is -0.277. The molecular formula is C19H18N4O5S2. The molecule has 5 rings (SSSR count). The molecule has 2 aliphatic heterocycles. The molecule has 0 saturated carbocycles. The lowest BCUT2D eigenvalue weighted by Gasteiger charge is -2.47. The quantitative estimate of drug-likeness (QED) is 0.590. The first-order valence-corrected chi connectivity index (χ1v) is 12.4. The van der Waals surface area contributed by atoms with Crippen molar-refractivity contribution in [2.24, 2.45) is 0 Å². The monoisotopic (exact) mass is 446 g/mol. The molecule has 1 unspecified atom stereocenters. The lowest BCUT2D eigenvalue weighted by molar-refractivity contribution is 0.181. The lowest BCUT2D eigenvalue weighted by Crippen LogP contribution is -2.67. The third kappa shape index (κ3) is 2.80. The van der Waals surface area contributed by atoms with Gasteiger partial charge in [-0.2, -0.15) is 9.29 Å². The standard InChI is InChI=1S/C19H18N4O5S2/c24-29(25)10-8-16(18-21-17(22-28-18)14-5-2-1-3-6-14)19(29)12-23(13-19)30(26,27)15-7-4-9-20-11-15/h1-7,9,11,16H,8,10,12-13H2. The molecule has 2 aliphatic rings. The Morgan fingerprint density at radius 2 is 1.87 bits per heavy atom. The molecule has 0 amide bonds. The van der Waals surface area contributed by atoms with Crippen LogP contribution in [0.15, 0.2) is 64.3 Å². The van der Waals surface area contributed by atoms with Crippen molar-refractivity contribution in [2.75, 3.05) is 18.8 Å².